The molecule has 1 aromatic heterocycles. The van der Waals surface area contributed by atoms with Gasteiger partial charge in [0.25, 0.3) is 0 Å². The lowest BCUT2D eigenvalue weighted by Crippen LogP contribution is -1.95. The molecule has 2 aromatic rings. The molecule has 5 heteroatoms. The standard InChI is InChI=1S/C6H5Cl.C6H6N4/c7-6-4-2-1-3-5-6;7-2-4-3-10-6(9)1-5(4)8/h1-5H;1,3H,(H4,8,9,10). The summed E-state index contributed by atoms with van der Waals surface area (Å²) in [7, 11) is 0. The average molecular weight is 247 g/mol. The number of aromatic nitrogens is 1. The third-order valence-electron chi connectivity index (χ3n) is 1.81. The number of rotatable bonds is 0. The van der Waals surface area contributed by atoms with Crippen LogP contribution < -0.4 is 11.5 Å². The molecule has 4 N–H and O–H groups in total. The van der Waals surface area contributed by atoms with E-state index in [-0.39, 0.29) is 0 Å². The Morgan fingerprint density at radius 1 is 1.18 bits per heavy atom. The van der Waals surface area contributed by atoms with E-state index in [9.17, 15) is 0 Å². The Hall–Kier alpha value is -2.25. The van der Waals surface area contributed by atoms with Crippen LogP contribution in [0, 0.1) is 11.3 Å². The maximum Gasteiger partial charge on any atom is 0.125 e. The zero-order valence-corrected chi connectivity index (χ0v) is 9.72. The van der Waals surface area contributed by atoms with E-state index in [0.717, 1.165) is 5.02 Å². The molecule has 0 aliphatic heterocycles. The van der Waals surface area contributed by atoms with Gasteiger partial charge in [-0.05, 0) is 12.1 Å². The number of halogens is 1. The van der Waals surface area contributed by atoms with Gasteiger partial charge in [-0.1, -0.05) is 29.8 Å². The van der Waals surface area contributed by atoms with Crippen LogP contribution in [0.5, 0.6) is 0 Å². The molecular weight excluding hydrogens is 236 g/mol. The van der Waals surface area contributed by atoms with Crippen molar-refractivity contribution < 1.29 is 0 Å². The highest BCUT2D eigenvalue weighted by atomic mass is 35.5. The Morgan fingerprint density at radius 3 is 2.24 bits per heavy atom. The first kappa shape index (κ1) is 12.8. The minimum absolute atomic E-state index is 0.330. The molecule has 0 radical (unpaired) electrons. The number of anilines is 2. The van der Waals surface area contributed by atoms with Crippen molar-refractivity contribution in [1.82, 2.24) is 4.98 Å². The van der Waals surface area contributed by atoms with Gasteiger partial charge in [0.15, 0.2) is 0 Å². The number of benzene rings is 1. The van der Waals surface area contributed by atoms with E-state index < -0.39 is 0 Å². The zero-order valence-electron chi connectivity index (χ0n) is 8.97. The fraction of sp³-hybridized carbons (Fsp3) is 0. The number of nitrogens with zero attached hydrogens (tertiary/aromatic N) is 2. The molecule has 0 spiro atoms. The number of hydrogen-bond donors (Lipinski definition) is 2. The summed E-state index contributed by atoms with van der Waals surface area (Å²) in [4.78, 5) is 3.69. The minimum Gasteiger partial charge on any atom is -0.398 e. The molecule has 0 aliphatic carbocycles. The van der Waals surface area contributed by atoms with Crippen LogP contribution >= 0.6 is 11.6 Å². The van der Waals surface area contributed by atoms with Gasteiger partial charge in [0.05, 0.1) is 11.3 Å². The van der Waals surface area contributed by atoms with Gasteiger partial charge in [0, 0.05) is 17.3 Å². The van der Waals surface area contributed by atoms with Crippen molar-refractivity contribution in [2.45, 2.75) is 0 Å². The highest BCUT2D eigenvalue weighted by Crippen LogP contribution is 2.10. The Balaban J connectivity index is 0.000000181. The first-order valence-corrected chi connectivity index (χ1v) is 5.13. The van der Waals surface area contributed by atoms with E-state index in [2.05, 4.69) is 4.98 Å². The predicted molar refractivity (Wildman–Crippen MR) is 69.2 cm³/mol. The van der Waals surface area contributed by atoms with Crippen molar-refractivity contribution in [2.75, 3.05) is 11.5 Å². The highest BCUT2D eigenvalue weighted by Gasteiger charge is 1.96. The molecule has 4 nitrogen and oxygen atoms in total. The second-order valence-electron chi connectivity index (χ2n) is 3.10. The van der Waals surface area contributed by atoms with Gasteiger partial charge < -0.3 is 11.5 Å². The van der Waals surface area contributed by atoms with Gasteiger partial charge in [-0.3, -0.25) is 0 Å². The smallest absolute Gasteiger partial charge is 0.125 e. The number of nitriles is 1. The second-order valence-corrected chi connectivity index (χ2v) is 3.54. The molecule has 0 amide bonds. The van der Waals surface area contributed by atoms with Crippen molar-refractivity contribution in [2.24, 2.45) is 0 Å². The van der Waals surface area contributed by atoms with E-state index in [1.807, 2.05) is 36.4 Å². The fourth-order valence-corrected chi connectivity index (χ4v) is 1.14. The first-order chi connectivity index (χ1) is 8.13. The predicted octanol–water partition coefficient (Wildman–Crippen LogP) is 2.46. The fourth-order valence-electron chi connectivity index (χ4n) is 0.996. The number of hydrogen-bond acceptors (Lipinski definition) is 4. The van der Waals surface area contributed by atoms with Crippen LogP contribution in [0.3, 0.4) is 0 Å². The molecule has 1 aromatic carbocycles. The normalized spacial score (nSPS) is 8.71. The number of nitrogens with two attached hydrogens (primary N) is 2. The lowest BCUT2D eigenvalue weighted by Gasteiger charge is -1.95. The van der Waals surface area contributed by atoms with Gasteiger partial charge in [0.1, 0.15) is 11.9 Å². The van der Waals surface area contributed by atoms with Crippen LogP contribution in [0.25, 0.3) is 0 Å². The second kappa shape index (κ2) is 6.36. The Morgan fingerprint density at radius 2 is 1.82 bits per heavy atom. The Labute approximate surface area is 104 Å². The van der Waals surface area contributed by atoms with Crippen molar-refractivity contribution >= 4 is 23.1 Å². The molecule has 2 rings (SSSR count). The van der Waals surface area contributed by atoms with E-state index in [0.29, 0.717) is 17.1 Å². The lowest BCUT2D eigenvalue weighted by atomic mass is 10.2. The largest absolute Gasteiger partial charge is 0.398 e. The van der Waals surface area contributed by atoms with Crippen LogP contribution in [-0.2, 0) is 0 Å². The van der Waals surface area contributed by atoms with Crippen LogP contribution in [0.1, 0.15) is 5.56 Å². The van der Waals surface area contributed by atoms with Crippen LogP contribution in [0.4, 0.5) is 11.5 Å². The summed E-state index contributed by atoms with van der Waals surface area (Å²) >= 11 is 5.54. The molecule has 0 saturated carbocycles. The summed E-state index contributed by atoms with van der Waals surface area (Å²) in [5.74, 6) is 0.330. The maximum absolute atomic E-state index is 8.40. The van der Waals surface area contributed by atoms with Crippen LogP contribution in [0.2, 0.25) is 5.02 Å². The maximum atomic E-state index is 8.40. The van der Waals surface area contributed by atoms with Gasteiger partial charge in [-0.2, -0.15) is 5.26 Å². The van der Waals surface area contributed by atoms with E-state index in [1.54, 1.807) is 0 Å². The molecule has 86 valence electrons. The summed E-state index contributed by atoms with van der Waals surface area (Å²) in [6.45, 7) is 0. The highest BCUT2D eigenvalue weighted by molar-refractivity contribution is 6.30. The molecule has 0 atom stereocenters. The molecule has 0 fully saturated rings. The Kier molecular flexibility index (Phi) is 4.79. The van der Waals surface area contributed by atoms with Crippen molar-refractivity contribution in [3.63, 3.8) is 0 Å². The van der Waals surface area contributed by atoms with Crippen molar-refractivity contribution in [3.05, 3.63) is 53.2 Å². The minimum atomic E-state index is 0.330. The third-order valence-corrected chi connectivity index (χ3v) is 2.06. The Bertz CT molecular complexity index is 520. The quantitative estimate of drug-likeness (QED) is 0.747. The first-order valence-electron chi connectivity index (χ1n) is 4.75. The lowest BCUT2D eigenvalue weighted by molar-refractivity contribution is 1.31. The number of nitrogen functional groups attached to an aromatic ring is 2. The van der Waals surface area contributed by atoms with Gasteiger partial charge in [-0.25, -0.2) is 4.98 Å². The van der Waals surface area contributed by atoms with Gasteiger partial charge in [0.2, 0.25) is 0 Å². The SMILES string of the molecule is Clc1ccccc1.N#Cc1cnc(N)cc1N. The summed E-state index contributed by atoms with van der Waals surface area (Å²) in [5.41, 5.74) is 11.4. The van der Waals surface area contributed by atoms with Crippen molar-refractivity contribution in [1.29, 1.82) is 5.26 Å². The van der Waals surface area contributed by atoms with Crippen molar-refractivity contribution in [3.8, 4) is 6.07 Å². The third kappa shape index (κ3) is 4.41. The molecule has 1 heterocycles. The molecule has 17 heavy (non-hydrogen) atoms. The van der Waals surface area contributed by atoms with E-state index in [4.69, 9.17) is 28.3 Å². The van der Waals surface area contributed by atoms with Crippen LogP contribution in [-0.4, -0.2) is 4.98 Å². The number of pyridine rings is 1. The molecule has 0 saturated heterocycles. The topological polar surface area (TPSA) is 88.7 Å². The monoisotopic (exact) mass is 246 g/mol. The summed E-state index contributed by atoms with van der Waals surface area (Å²) in [5, 5.41) is 9.19. The molecule has 0 unspecified atom stereocenters. The average Bonchev–Trinajstić information content (AvgIpc) is 2.31. The summed E-state index contributed by atoms with van der Waals surface area (Å²) in [6, 6.07) is 12.8. The molecule has 0 bridgehead atoms. The van der Waals surface area contributed by atoms with Crippen LogP contribution in [0.15, 0.2) is 42.6 Å². The zero-order chi connectivity index (χ0) is 12.7. The summed E-state index contributed by atoms with van der Waals surface area (Å²) < 4.78 is 0. The van der Waals surface area contributed by atoms with Gasteiger partial charge >= 0.3 is 0 Å². The van der Waals surface area contributed by atoms with E-state index >= 15 is 0 Å². The van der Waals surface area contributed by atoms with Gasteiger partial charge in [-0.15, -0.1) is 0 Å². The van der Waals surface area contributed by atoms with E-state index in [1.165, 1.54) is 12.3 Å². The summed E-state index contributed by atoms with van der Waals surface area (Å²) in [6.07, 6.45) is 1.35. The molecule has 0 aliphatic rings. The molecular formula is C12H11ClN4.